The van der Waals surface area contributed by atoms with Gasteiger partial charge in [0.15, 0.2) is 0 Å². The predicted octanol–water partition coefficient (Wildman–Crippen LogP) is 2.27. The molecule has 82 valence electrons. The Bertz CT molecular complexity index is 351. The van der Waals surface area contributed by atoms with Gasteiger partial charge in [-0.05, 0) is 35.7 Å². The molecule has 0 aromatic carbocycles. The molecule has 5 heteroatoms. The Labute approximate surface area is 98.2 Å². The lowest BCUT2D eigenvalue weighted by atomic mass is 10.5. The van der Waals surface area contributed by atoms with Crippen LogP contribution in [0.2, 0.25) is 0 Å². The van der Waals surface area contributed by atoms with Crippen LogP contribution in [0.4, 0.5) is 11.8 Å². The van der Waals surface area contributed by atoms with E-state index in [1.54, 1.807) is 6.20 Å². The Balaban J connectivity index is 2.23. The van der Waals surface area contributed by atoms with Gasteiger partial charge in [0.2, 0.25) is 5.95 Å². The van der Waals surface area contributed by atoms with Crippen molar-refractivity contribution in [1.82, 2.24) is 9.97 Å². The smallest absolute Gasteiger partial charge is 0.224 e. The molecule has 0 aliphatic heterocycles. The number of hydrogen-bond acceptors (Lipinski definition) is 4. The second-order valence-corrected chi connectivity index (χ2v) is 4.59. The van der Waals surface area contributed by atoms with E-state index in [1.165, 1.54) is 12.8 Å². The van der Waals surface area contributed by atoms with Crippen molar-refractivity contribution in [2.75, 3.05) is 23.8 Å². The lowest BCUT2D eigenvalue weighted by molar-refractivity contribution is 0.880. The van der Waals surface area contributed by atoms with Crippen LogP contribution < -0.4 is 10.2 Å². The molecule has 15 heavy (non-hydrogen) atoms. The first-order chi connectivity index (χ1) is 7.22. The fourth-order valence-corrected chi connectivity index (χ4v) is 1.95. The average molecular weight is 271 g/mol. The van der Waals surface area contributed by atoms with Crippen molar-refractivity contribution in [3.63, 3.8) is 0 Å². The molecular formula is C10H15BrN4. The standard InChI is InChI=1S/C10H15BrN4/c1-3-12-10-13-6-8(11)9(14-10)15(2)7-4-5-7/h6-7H,3-5H2,1-2H3,(H,12,13,14). The van der Waals surface area contributed by atoms with Crippen LogP contribution >= 0.6 is 15.9 Å². The van der Waals surface area contributed by atoms with E-state index in [0.717, 1.165) is 16.8 Å². The fraction of sp³-hybridized carbons (Fsp3) is 0.600. The van der Waals surface area contributed by atoms with Crippen molar-refractivity contribution in [3.05, 3.63) is 10.7 Å². The maximum Gasteiger partial charge on any atom is 0.224 e. The molecular weight excluding hydrogens is 256 g/mol. The summed E-state index contributed by atoms with van der Waals surface area (Å²) >= 11 is 3.48. The molecule has 1 N–H and O–H groups in total. The molecule has 0 saturated heterocycles. The molecule has 1 aliphatic rings. The van der Waals surface area contributed by atoms with Crippen molar-refractivity contribution in [2.45, 2.75) is 25.8 Å². The zero-order valence-electron chi connectivity index (χ0n) is 9.00. The Morgan fingerprint density at radius 2 is 2.33 bits per heavy atom. The van der Waals surface area contributed by atoms with E-state index < -0.39 is 0 Å². The van der Waals surface area contributed by atoms with Crippen molar-refractivity contribution in [1.29, 1.82) is 0 Å². The highest BCUT2D eigenvalue weighted by Gasteiger charge is 2.28. The first-order valence-corrected chi connectivity index (χ1v) is 6.01. The van der Waals surface area contributed by atoms with Gasteiger partial charge in [0.05, 0.1) is 4.47 Å². The van der Waals surface area contributed by atoms with Crippen molar-refractivity contribution >= 4 is 27.7 Å². The van der Waals surface area contributed by atoms with Crippen LogP contribution in [-0.2, 0) is 0 Å². The van der Waals surface area contributed by atoms with E-state index in [0.29, 0.717) is 12.0 Å². The summed E-state index contributed by atoms with van der Waals surface area (Å²) in [5.74, 6) is 1.67. The van der Waals surface area contributed by atoms with E-state index in [-0.39, 0.29) is 0 Å². The summed E-state index contributed by atoms with van der Waals surface area (Å²) in [6.45, 7) is 2.88. The predicted molar refractivity (Wildman–Crippen MR) is 65.3 cm³/mol. The van der Waals surface area contributed by atoms with Crippen LogP contribution in [0, 0.1) is 0 Å². The molecule has 1 saturated carbocycles. The fourth-order valence-electron chi connectivity index (χ4n) is 1.48. The van der Waals surface area contributed by atoms with Crippen LogP contribution in [0.1, 0.15) is 19.8 Å². The average Bonchev–Trinajstić information content (AvgIpc) is 3.04. The molecule has 0 bridgehead atoms. The summed E-state index contributed by atoms with van der Waals surface area (Å²) in [5, 5.41) is 3.12. The molecule has 0 unspecified atom stereocenters. The first kappa shape index (κ1) is 10.7. The van der Waals surface area contributed by atoms with Crippen LogP contribution in [0.15, 0.2) is 10.7 Å². The quantitative estimate of drug-likeness (QED) is 0.912. The summed E-state index contributed by atoms with van der Waals surface area (Å²) in [5.41, 5.74) is 0. The Morgan fingerprint density at radius 1 is 1.60 bits per heavy atom. The van der Waals surface area contributed by atoms with Gasteiger partial charge in [-0.2, -0.15) is 4.98 Å². The minimum Gasteiger partial charge on any atom is -0.356 e. The Morgan fingerprint density at radius 3 is 2.93 bits per heavy atom. The molecule has 0 amide bonds. The highest BCUT2D eigenvalue weighted by Crippen LogP contribution is 2.33. The molecule has 0 spiro atoms. The van der Waals surface area contributed by atoms with Gasteiger partial charge in [-0.15, -0.1) is 0 Å². The second kappa shape index (κ2) is 4.35. The van der Waals surface area contributed by atoms with Crippen molar-refractivity contribution in [3.8, 4) is 0 Å². The highest BCUT2D eigenvalue weighted by molar-refractivity contribution is 9.10. The van der Waals surface area contributed by atoms with Gasteiger partial charge in [0, 0.05) is 25.8 Å². The van der Waals surface area contributed by atoms with Crippen LogP contribution in [0.3, 0.4) is 0 Å². The van der Waals surface area contributed by atoms with Gasteiger partial charge in [0.1, 0.15) is 5.82 Å². The molecule has 1 aromatic rings. The van der Waals surface area contributed by atoms with Crippen molar-refractivity contribution in [2.24, 2.45) is 0 Å². The lowest BCUT2D eigenvalue weighted by Crippen LogP contribution is -2.21. The summed E-state index contributed by atoms with van der Waals surface area (Å²) in [6.07, 6.45) is 4.34. The number of rotatable bonds is 4. The van der Waals surface area contributed by atoms with Crippen LogP contribution in [-0.4, -0.2) is 29.6 Å². The summed E-state index contributed by atoms with van der Waals surface area (Å²) < 4.78 is 0.957. The minimum atomic E-state index is 0.658. The molecule has 1 heterocycles. The molecule has 0 atom stereocenters. The number of nitrogens with one attached hydrogen (secondary N) is 1. The molecule has 2 rings (SSSR count). The summed E-state index contributed by atoms with van der Waals surface area (Å²) in [4.78, 5) is 10.9. The maximum absolute atomic E-state index is 4.48. The summed E-state index contributed by atoms with van der Waals surface area (Å²) in [6, 6.07) is 0.658. The molecule has 1 aliphatic carbocycles. The maximum atomic E-state index is 4.48. The Kier molecular flexibility index (Phi) is 3.09. The number of anilines is 2. The van der Waals surface area contributed by atoms with E-state index >= 15 is 0 Å². The van der Waals surface area contributed by atoms with Gasteiger partial charge in [-0.3, -0.25) is 0 Å². The Hall–Kier alpha value is -0.840. The van der Waals surface area contributed by atoms with Gasteiger partial charge in [-0.1, -0.05) is 0 Å². The second-order valence-electron chi connectivity index (χ2n) is 3.74. The molecule has 1 fully saturated rings. The number of aromatic nitrogens is 2. The summed E-state index contributed by atoms with van der Waals surface area (Å²) in [7, 11) is 2.08. The number of halogens is 1. The molecule has 1 aromatic heterocycles. The zero-order valence-corrected chi connectivity index (χ0v) is 10.6. The molecule has 0 radical (unpaired) electrons. The lowest BCUT2D eigenvalue weighted by Gasteiger charge is -2.19. The SMILES string of the molecule is CCNc1ncc(Br)c(N(C)C2CC2)n1. The first-order valence-electron chi connectivity index (χ1n) is 5.21. The van der Waals surface area contributed by atoms with Gasteiger partial charge < -0.3 is 10.2 Å². The van der Waals surface area contributed by atoms with E-state index in [2.05, 4.69) is 43.2 Å². The minimum absolute atomic E-state index is 0.658. The van der Waals surface area contributed by atoms with Gasteiger partial charge in [-0.25, -0.2) is 4.98 Å². The van der Waals surface area contributed by atoms with Gasteiger partial charge in [0.25, 0.3) is 0 Å². The topological polar surface area (TPSA) is 41.1 Å². The van der Waals surface area contributed by atoms with E-state index in [4.69, 9.17) is 0 Å². The largest absolute Gasteiger partial charge is 0.356 e. The van der Waals surface area contributed by atoms with Crippen LogP contribution in [0.25, 0.3) is 0 Å². The number of nitrogens with zero attached hydrogens (tertiary/aromatic N) is 3. The highest BCUT2D eigenvalue weighted by atomic mass is 79.9. The zero-order chi connectivity index (χ0) is 10.8. The van der Waals surface area contributed by atoms with Crippen molar-refractivity contribution < 1.29 is 0 Å². The number of hydrogen-bond donors (Lipinski definition) is 1. The molecule has 4 nitrogen and oxygen atoms in total. The monoisotopic (exact) mass is 270 g/mol. The van der Waals surface area contributed by atoms with Crippen LogP contribution in [0.5, 0.6) is 0 Å². The normalized spacial score (nSPS) is 15.1. The third-order valence-electron chi connectivity index (χ3n) is 2.49. The van der Waals surface area contributed by atoms with E-state index in [1.807, 2.05) is 6.92 Å². The third-order valence-corrected chi connectivity index (χ3v) is 3.05. The van der Waals surface area contributed by atoms with E-state index in [9.17, 15) is 0 Å². The third kappa shape index (κ3) is 2.40. The van der Waals surface area contributed by atoms with Gasteiger partial charge >= 0.3 is 0 Å².